The normalized spacial score (nSPS) is 14.9. The van der Waals surface area contributed by atoms with E-state index in [2.05, 4.69) is 41.4 Å². The number of aryl methyl sites for hydroxylation is 1. The number of rotatable bonds is 5. The minimum atomic E-state index is -0.502. The molecule has 0 heterocycles. The summed E-state index contributed by atoms with van der Waals surface area (Å²) in [4.78, 5) is 14.3. The minimum absolute atomic E-state index is 0.0959. The van der Waals surface area contributed by atoms with Crippen LogP contribution in [0.25, 0.3) is 0 Å². The lowest BCUT2D eigenvalue weighted by atomic mass is 9.87. The van der Waals surface area contributed by atoms with E-state index in [9.17, 15) is 4.79 Å². The van der Waals surface area contributed by atoms with Crippen LogP contribution in [0.2, 0.25) is 0 Å². The van der Waals surface area contributed by atoms with Gasteiger partial charge in [0.05, 0.1) is 12.1 Å². The summed E-state index contributed by atoms with van der Waals surface area (Å²) in [7, 11) is 4.03. The Hall–Kier alpha value is -1.39. The van der Waals surface area contributed by atoms with Gasteiger partial charge in [0.15, 0.2) is 0 Å². The number of amides is 1. The molecule has 0 spiro atoms. The van der Waals surface area contributed by atoms with Crippen LogP contribution in [-0.2, 0) is 4.79 Å². The van der Waals surface area contributed by atoms with Gasteiger partial charge in [-0.25, -0.2) is 0 Å². The number of hydrogen-bond acceptors (Lipinski definition) is 3. The van der Waals surface area contributed by atoms with Gasteiger partial charge >= 0.3 is 0 Å². The SMILES string of the molecule is Cc1ccc(C(CNC(=O)[C@@H](N)C(C)(C)C)N(C)C)cc1. The van der Waals surface area contributed by atoms with Crippen molar-refractivity contribution in [3.8, 4) is 0 Å². The molecule has 0 saturated heterocycles. The Balaban J connectivity index is 2.73. The number of benzene rings is 1. The van der Waals surface area contributed by atoms with Crippen molar-refractivity contribution >= 4 is 5.91 Å². The number of nitrogens with two attached hydrogens (primary N) is 1. The van der Waals surface area contributed by atoms with Crippen molar-refractivity contribution < 1.29 is 4.79 Å². The van der Waals surface area contributed by atoms with Gasteiger partial charge < -0.3 is 16.0 Å². The quantitative estimate of drug-likeness (QED) is 0.873. The Morgan fingerprint density at radius 3 is 2.19 bits per heavy atom. The number of nitrogens with zero attached hydrogens (tertiary/aromatic N) is 1. The highest BCUT2D eigenvalue weighted by molar-refractivity contribution is 5.82. The molecule has 0 radical (unpaired) electrons. The Morgan fingerprint density at radius 2 is 1.76 bits per heavy atom. The molecule has 1 unspecified atom stereocenters. The first-order chi connectivity index (χ1) is 9.62. The van der Waals surface area contributed by atoms with E-state index in [1.54, 1.807) is 0 Å². The zero-order chi connectivity index (χ0) is 16.2. The van der Waals surface area contributed by atoms with Gasteiger partial charge in [0.2, 0.25) is 5.91 Å². The van der Waals surface area contributed by atoms with Gasteiger partial charge in [-0.1, -0.05) is 50.6 Å². The van der Waals surface area contributed by atoms with Crippen LogP contribution >= 0.6 is 0 Å². The van der Waals surface area contributed by atoms with Crippen molar-refractivity contribution in [2.45, 2.75) is 39.8 Å². The molecule has 1 aromatic carbocycles. The standard InChI is InChI=1S/C17H29N3O/c1-12-7-9-13(10-8-12)14(20(5)6)11-19-16(21)15(18)17(2,3)4/h7-10,14-15H,11,18H2,1-6H3,(H,19,21)/t14?,15-/m1/s1. The maximum Gasteiger partial charge on any atom is 0.237 e. The fraction of sp³-hybridized carbons (Fsp3) is 0.588. The first-order valence-electron chi connectivity index (χ1n) is 7.39. The van der Waals surface area contributed by atoms with Crippen LogP contribution in [0.4, 0.5) is 0 Å². The summed E-state index contributed by atoms with van der Waals surface area (Å²) in [5.41, 5.74) is 8.18. The van der Waals surface area contributed by atoms with Crippen LogP contribution in [-0.4, -0.2) is 37.5 Å². The Labute approximate surface area is 128 Å². The summed E-state index contributed by atoms with van der Waals surface area (Å²) in [5, 5.41) is 2.98. The summed E-state index contributed by atoms with van der Waals surface area (Å²) < 4.78 is 0. The van der Waals surface area contributed by atoms with E-state index in [1.165, 1.54) is 11.1 Å². The van der Waals surface area contributed by atoms with Crippen molar-refractivity contribution in [2.24, 2.45) is 11.1 Å². The zero-order valence-corrected chi connectivity index (χ0v) is 14.1. The number of hydrogen-bond donors (Lipinski definition) is 2. The molecule has 1 amide bonds. The molecule has 0 bridgehead atoms. The Morgan fingerprint density at radius 1 is 1.24 bits per heavy atom. The van der Waals surface area contributed by atoms with Gasteiger partial charge in [-0.3, -0.25) is 4.79 Å². The van der Waals surface area contributed by atoms with Gasteiger partial charge in [0.25, 0.3) is 0 Å². The highest BCUT2D eigenvalue weighted by Crippen LogP contribution is 2.20. The van der Waals surface area contributed by atoms with E-state index in [0.29, 0.717) is 6.54 Å². The van der Waals surface area contributed by atoms with E-state index in [-0.39, 0.29) is 17.4 Å². The van der Waals surface area contributed by atoms with Crippen LogP contribution < -0.4 is 11.1 Å². The van der Waals surface area contributed by atoms with E-state index in [0.717, 1.165) is 0 Å². The molecule has 21 heavy (non-hydrogen) atoms. The molecule has 0 aliphatic heterocycles. The predicted molar refractivity (Wildman–Crippen MR) is 88.0 cm³/mol. The molecule has 0 aromatic heterocycles. The lowest BCUT2D eigenvalue weighted by Gasteiger charge is -2.29. The van der Waals surface area contributed by atoms with Crippen LogP contribution in [0, 0.1) is 12.3 Å². The number of nitrogens with one attached hydrogen (secondary N) is 1. The molecular weight excluding hydrogens is 262 g/mol. The van der Waals surface area contributed by atoms with Crippen molar-refractivity contribution in [2.75, 3.05) is 20.6 Å². The third-order valence-corrected chi connectivity index (χ3v) is 3.77. The lowest BCUT2D eigenvalue weighted by molar-refractivity contribution is -0.124. The molecule has 2 atom stereocenters. The first-order valence-corrected chi connectivity index (χ1v) is 7.39. The zero-order valence-electron chi connectivity index (χ0n) is 14.1. The van der Waals surface area contributed by atoms with Crippen molar-refractivity contribution in [3.63, 3.8) is 0 Å². The van der Waals surface area contributed by atoms with Crippen LogP contribution in [0.5, 0.6) is 0 Å². The van der Waals surface area contributed by atoms with E-state index >= 15 is 0 Å². The topological polar surface area (TPSA) is 58.4 Å². The highest BCUT2D eigenvalue weighted by atomic mass is 16.2. The fourth-order valence-corrected chi connectivity index (χ4v) is 2.09. The van der Waals surface area contributed by atoms with Gasteiger partial charge in [-0.15, -0.1) is 0 Å². The molecule has 0 aliphatic rings. The number of carbonyl (C=O) groups is 1. The smallest absolute Gasteiger partial charge is 0.237 e. The van der Waals surface area contributed by atoms with Crippen molar-refractivity contribution in [1.82, 2.24) is 10.2 Å². The van der Waals surface area contributed by atoms with Gasteiger partial charge in [0.1, 0.15) is 0 Å². The summed E-state index contributed by atoms with van der Waals surface area (Å²) in [6.07, 6.45) is 0. The average molecular weight is 291 g/mol. The van der Waals surface area contributed by atoms with Crippen LogP contribution in [0.1, 0.15) is 37.9 Å². The first kappa shape index (κ1) is 17.7. The third kappa shape index (κ3) is 5.14. The van der Waals surface area contributed by atoms with Crippen molar-refractivity contribution in [1.29, 1.82) is 0 Å². The molecule has 3 N–H and O–H groups in total. The number of carbonyl (C=O) groups excluding carboxylic acids is 1. The predicted octanol–water partition coefficient (Wildman–Crippen LogP) is 2.09. The van der Waals surface area contributed by atoms with Gasteiger partial charge in [0, 0.05) is 6.54 Å². The molecule has 4 nitrogen and oxygen atoms in total. The molecule has 4 heteroatoms. The molecule has 1 rings (SSSR count). The summed E-state index contributed by atoms with van der Waals surface area (Å²) in [5.74, 6) is -0.0959. The van der Waals surface area contributed by atoms with Crippen LogP contribution in [0.3, 0.4) is 0 Å². The fourth-order valence-electron chi connectivity index (χ4n) is 2.09. The second-order valence-electron chi connectivity index (χ2n) is 6.98. The second kappa shape index (κ2) is 7.05. The molecule has 0 saturated carbocycles. The largest absolute Gasteiger partial charge is 0.353 e. The Bertz CT molecular complexity index is 460. The van der Waals surface area contributed by atoms with E-state index in [4.69, 9.17) is 5.73 Å². The van der Waals surface area contributed by atoms with Crippen molar-refractivity contribution in [3.05, 3.63) is 35.4 Å². The second-order valence-corrected chi connectivity index (χ2v) is 6.98. The minimum Gasteiger partial charge on any atom is -0.353 e. The monoisotopic (exact) mass is 291 g/mol. The third-order valence-electron chi connectivity index (χ3n) is 3.77. The summed E-state index contributed by atoms with van der Waals surface area (Å²) >= 11 is 0. The lowest BCUT2D eigenvalue weighted by Crippen LogP contribution is -2.50. The maximum absolute atomic E-state index is 12.1. The molecular formula is C17H29N3O. The van der Waals surface area contributed by atoms with Crippen LogP contribution in [0.15, 0.2) is 24.3 Å². The molecule has 0 fully saturated rings. The molecule has 0 aliphatic carbocycles. The van der Waals surface area contributed by atoms with Gasteiger partial charge in [-0.05, 0) is 32.0 Å². The average Bonchev–Trinajstić information content (AvgIpc) is 2.38. The number of likely N-dealkylation sites (N-methyl/N-ethyl adjacent to an activating group) is 1. The van der Waals surface area contributed by atoms with E-state index < -0.39 is 6.04 Å². The van der Waals surface area contributed by atoms with Gasteiger partial charge in [-0.2, -0.15) is 0 Å². The summed E-state index contributed by atoms with van der Waals surface area (Å²) in [6, 6.07) is 8.04. The maximum atomic E-state index is 12.1. The Kier molecular flexibility index (Phi) is 5.93. The molecule has 1 aromatic rings. The highest BCUT2D eigenvalue weighted by Gasteiger charge is 2.28. The van der Waals surface area contributed by atoms with E-state index in [1.807, 2.05) is 34.9 Å². The molecule has 118 valence electrons. The summed E-state index contributed by atoms with van der Waals surface area (Å²) in [6.45, 7) is 8.54.